The van der Waals surface area contributed by atoms with Crippen LogP contribution in [0.1, 0.15) is 50.3 Å². The Bertz CT molecular complexity index is 932. The molecule has 4 rings (SSSR count). The Balaban J connectivity index is 1.44. The molecule has 6 nitrogen and oxygen atoms in total. The molecule has 3 heterocycles. The average Bonchev–Trinajstić information content (AvgIpc) is 2.79. The molecule has 0 amide bonds. The van der Waals surface area contributed by atoms with Crippen LogP contribution in [0, 0.1) is 12.7 Å². The van der Waals surface area contributed by atoms with E-state index < -0.39 is 0 Å². The minimum absolute atomic E-state index is 0.153. The molecular formula is C24H32FN5OS. The van der Waals surface area contributed by atoms with E-state index in [1.54, 1.807) is 0 Å². The van der Waals surface area contributed by atoms with E-state index in [2.05, 4.69) is 27.4 Å². The van der Waals surface area contributed by atoms with E-state index in [0.29, 0.717) is 36.9 Å². The Morgan fingerprint density at radius 1 is 1.22 bits per heavy atom. The molecule has 0 aliphatic carbocycles. The van der Waals surface area contributed by atoms with Gasteiger partial charge in [0.2, 0.25) is 5.95 Å². The lowest BCUT2D eigenvalue weighted by Gasteiger charge is -2.38. The first kappa shape index (κ1) is 22.9. The highest BCUT2D eigenvalue weighted by Gasteiger charge is 2.34. The zero-order chi connectivity index (χ0) is 22.6. The van der Waals surface area contributed by atoms with E-state index in [0.717, 1.165) is 36.5 Å². The van der Waals surface area contributed by atoms with Crippen molar-refractivity contribution in [2.45, 2.75) is 57.4 Å². The van der Waals surface area contributed by atoms with Gasteiger partial charge in [-0.25, -0.2) is 9.37 Å². The van der Waals surface area contributed by atoms with Crippen molar-refractivity contribution in [2.75, 3.05) is 36.5 Å². The Morgan fingerprint density at radius 2 is 1.97 bits per heavy atom. The summed E-state index contributed by atoms with van der Waals surface area (Å²) in [6, 6.07) is 9.29. The van der Waals surface area contributed by atoms with Gasteiger partial charge in [0.25, 0.3) is 0 Å². The minimum atomic E-state index is -0.225. The second-order valence-electron chi connectivity index (χ2n) is 8.94. The molecule has 0 radical (unpaired) electrons. The van der Waals surface area contributed by atoms with Gasteiger partial charge in [-0.1, -0.05) is 12.1 Å². The molecule has 32 heavy (non-hydrogen) atoms. The molecule has 2 aromatic rings. The van der Waals surface area contributed by atoms with Crippen LogP contribution in [0.25, 0.3) is 0 Å². The molecule has 2 aliphatic heterocycles. The maximum atomic E-state index is 13.5. The molecule has 2 fully saturated rings. The van der Waals surface area contributed by atoms with Crippen molar-refractivity contribution in [1.29, 1.82) is 0 Å². The standard InChI is InChI=1S/C24H32FN5OS/c1-17-15-21(30-12-4-3-5-18(30)2)28-22(27-17)29-23(32)26-16-24(10-13-31-14-11-24)19-6-8-20(25)9-7-19/h6-9,15,18H,3-5,10-14,16H2,1-2H3,(H2,26,27,28,29,32)/t18-/m0/s1. The quantitative estimate of drug-likeness (QED) is 0.648. The van der Waals surface area contributed by atoms with Crippen molar-refractivity contribution >= 4 is 29.1 Å². The summed E-state index contributed by atoms with van der Waals surface area (Å²) >= 11 is 5.58. The predicted molar refractivity (Wildman–Crippen MR) is 130 cm³/mol. The van der Waals surface area contributed by atoms with Crippen molar-refractivity contribution in [1.82, 2.24) is 15.3 Å². The van der Waals surface area contributed by atoms with Crippen molar-refractivity contribution < 1.29 is 9.13 Å². The van der Waals surface area contributed by atoms with E-state index in [1.165, 1.54) is 31.4 Å². The third-order valence-electron chi connectivity index (χ3n) is 6.66. The van der Waals surface area contributed by atoms with Crippen LogP contribution in [0.2, 0.25) is 0 Å². The molecule has 1 aromatic carbocycles. The number of halogens is 1. The number of aryl methyl sites for hydroxylation is 1. The topological polar surface area (TPSA) is 62.3 Å². The number of thiocarbonyl (C=S) groups is 1. The predicted octanol–water partition coefficient (Wildman–Crippen LogP) is 4.34. The molecule has 0 unspecified atom stereocenters. The second-order valence-corrected chi connectivity index (χ2v) is 9.34. The van der Waals surface area contributed by atoms with Gasteiger partial charge in [-0.3, -0.25) is 0 Å². The summed E-state index contributed by atoms with van der Waals surface area (Å²) in [5.74, 6) is 1.23. The first-order valence-electron chi connectivity index (χ1n) is 11.5. The molecular weight excluding hydrogens is 425 g/mol. The van der Waals surface area contributed by atoms with Crippen LogP contribution in [-0.4, -0.2) is 47.4 Å². The van der Waals surface area contributed by atoms with Crippen molar-refractivity contribution in [3.8, 4) is 0 Å². The first-order valence-corrected chi connectivity index (χ1v) is 11.9. The van der Waals surface area contributed by atoms with Gasteiger partial charge in [0, 0.05) is 49.5 Å². The van der Waals surface area contributed by atoms with E-state index in [4.69, 9.17) is 21.9 Å². The summed E-state index contributed by atoms with van der Waals surface area (Å²) in [5, 5.41) is 7.02. The highest BCUT2D eigenvalue weighted by atomic mass is 32.1. The lowest BCUT2D eigenvalue weighted by atomic mass is 9.74. The van der Waals surface area contributed by atoms with Crippen LogP contribution < -0.4 is 15.5 Å². The summed E-state index contributed by atoms with van der Waals surface area (Å²) in [7, 11) is 0. The molecule has 2 saturated heterocycles. The lowest BCUT2D eigenvalue weighted by Crippen LogP contribution is -2.45. The van der Waals surface area contributed by atoms with E-state index >= 15 is 0 Å². The Morgan fingerprint density at radius 3 is 2.69 bits per heavy atom. The molecule has 0 bridgehead atoms. The van der Waals surface area contributed by atoms with Crippen LogP contribution in [0.15, 0.2) is 30.3 Å². The number of anilines is 2. The molecule has 2 aliphatic rings. The number of ether oxygens (including phenoxy) is 1. The van der Waals surface area contributed by atoms with Gasteiger partial charge in [0.1, 0.15) is 11.6 Å². The second kappa shape index (κ2) is 10.1. The number of hydrogen-bond acceptors (Lipinski definition) is 5. The molecule has 8 heteroatoms. The monoisotopic (exact) mass is 457 g/mol. The van der Waals surface area contributed by atoms with Gasteiger partial charge in [-0.15, -0.1) is 0 Å². The zero-order valence-electron chi connectivity index (χ0n) is 18.9. The van der Waals surface area contributed by atoms with Gasteiger partial charge in [-0.2, -0.15) is 4.98 Å². The SMILES string of the molecule is Cc1cc(N2CCCC[C@@H]2C)nc(NC(=S)NCC2(c3ccc(F)cc3)CCOCC2)n1. The van der Waals surface area contributed by atoms with Gasteiger partial charge < -0.3 is 20.3 Å². The first-order chi connectivity index (χ1) is 15.4. The number of nitrogens with zero attached hydrogens (tertiary/aromatic N) is 3. The summed E-state index contributed by atoms with van der Waals surface area (Å²) in [4.78, 5) is 11.6. The van der Waals surface area contributed by atoms with E-state index in [1.807, 2.05) is 25.1 Å². The van der Waals surface area contributed by atoms with Crippen LogP contribution in [0.3, 0.4) is 0 Å². The van der Waals surface area contributed by atoms with Gasteiger partial charge in [-0.05, 0) is 75.9 Å². The van der Waals surface area contributed by atoms with Crippen LogP contribution in [-0.2, 0) is 10.2 Å². The summed E-state index contributed by atoms with van der Waals surface area (Å²) in [5.41, 5.74) is 1.86. The third-order valence-corrected chi connectivity index (χ3v) is 6.90. The van der Waals surface area contributed by atoms with Crippen molar-refractivity contribution in [3.63, 3.8) is 0 Å². The van der Waals surface area contributed by atoms with Crippen molar-refractivity contribution in [3.05, 3.63) is 47.4 Å². The Hall–Kier alpha value is -2.32. The van der Waals surface area contributed by atoms with Gasteiger partial charge >= 0.3 is 0 Å². The summed E-state index contributed by atoms with van der Waals surface area (Å²) < 4.78 is 19.1. The van der Waals surface area contributed by atoms with E-state index in [9.17, 15) is 4.39 Å². The fraction of sp³-hybridized carbons (Fsp3) is 0.542. The number of nitrogens with one attached hydrogen (secondary N) is 2. The number of aromatic nitrogens is 2. The number of benzene rings is 1. The zero-order valence-corrected chi connectivity index (χ0v) is 19.7. The third kappa shape index (κ3) is 5.35. The van der Waals surface area contributed by atoms with Crippen LogP contribution >= 0.6 is 12.2 Å². The summed E-state index contributed by atoms with van der Waals surface area (Å²) in [6.07, 6.45) is 5.34. The fourth-order valence-corrected chi connectivity index (χ4v) is 4.89. The van der Waals surface area contributed by atoms with Gasteiger partial charge in [0.15, 0.2) is 5.11 Å². The smallest absolute Gasteiger partial charge is 0.231 e. The van der Waals surface area contributed by atoms with Crippen LogP contribution in [0.4, 0.5) is 16.2 Å². The molecule has 0 spiro atoms. The molecule has 1 atom stereocenters. The number of piperidine rings is 1. The Labute approximate surface area is 195 Å². The fourth-order valence-electron chi connectivity index (χ4n) is 4.72. The van der Waals surface area contributed by atoms with E-state index in [-0.39, 0.29) is 11.2 Å². The maximum Gasteiger partial charge on any atom is 0.231 e. The largest absolute Gasteiger partial charge is 0.381 e. The minimum Gasteiger partial charge on any atom is -0.381 e. The van der Waals surface area contributed by atoms with Crippen molar-refractivity contribution in [2.24, 2.45) is 0 Å². The summed E-state index contributed by atoms with van der Waals surface area (Å²) in [6.45, 7) is 7.23. The Kier molecular flexibility index (Phi) is 7.20. The van der Waals surface area contributed by atoms with Gasteiger partial charge in [0.05, 0.1) is 0 Å². The number of hydrogen-bond donors (Lipinski definition) is 2. The number of rotatable bonds is 5. The average molecular weight is 458 g/mol. The van der Waals surface area contributed by atoms with Crippen LogP contribution in [0.5, 0.6) is 0 Å². The highest BCUT2D eigenvalue weighted by molar-refractivity contribution is 7.80. The molecule has 1 aromatic heterocycles. The molecule has 172 valence electrons. The normalized spacial score (nSPS) is 20.6. The lowest BCUT2D eigenvalue weighted by molar-refractivity contribution is 0.0515. The highest BCUT2D eigenvalue weighted by Crippen LogP contribution is 2.34. The maximum absolute atomic E-state index is 13.5. The molecule has 0 saturated carbocycles. The molecule has 2 N–H and O–H groups in total.